The molecule has 1 aromatic heterocycles. The van der Waals surface area contributed by atoms with Crippen molar-refractivity contribution in [2.45, 2.75) is 32.2 Å². The molecule has 0 aliphatic heterocycles. The van der Waals surface area contributed by atoms with Crippen LogP contribution < -0.4 is 0 Å². The van der Waals surface area contributed by atoms with Gasteiger partial charge < -0.3 is 5.11 Å². The van der Waals surface area contributed by atoms with Gasteiger partial charge in [0.25, 0.3) is 0 Å². The van der Waals surface area contributed by atoms with Crippen LogP contribution in [0.1, 0.15) is 32.2 Å². The minimum Gasteiger partial charge on any atom is -0.481 e. The second-order valence-corrected chi connectivity index (χ2v) is 4.31. The van der Waals surface area contributed by atoms with E-state index in [1.54, 1.807) is 11.0 Å². The fourth-order valence-corrected chi connectivity index (χ4v) is 2.32. The molecule has 0 aromatic carbocycles. The number of carbonyl (C=O) groups is 1. The van der Waals surface area contributed by atoms with Gasteiger partial charge >= 0.3 is 5.97 Å². The molecule has 15 heavy (non-hydrogen) atoms. The second kappa shape index (κ2) is 4.00. The predicted molar refractivity (Wildman–Crippen MR) is 53.2 cm³/mol. The average molecular weight is 209 g/mol. The van der Waals surface area contributed by atoms with E-state index in [4.69, 9.17) is 5.11 Å². The molecule has 0 spiro atoms. The van der Waals surface area contributed by atoms with E-state index in [1.807, 2.05) is 0 Å². The molecule has 5 nitrogen and oxygen atoms in total. The van der Waals surface area contributed by atoms with Gasteiger partial charge in [-0.15, -0.1) is 0 Å². The lowest BCUT2D eigenvalue weighted by atomic mass is 9.79. The molecule has 0 radical (unpaired) electrons. The summed E-state index contributed by atoms with van der Waals surface area (Å²) in [6.45, 7) is 2.15. The van der Waals surface area contributed by atoms with E-state index in [0.717, 1.165) is 19.3 Å². The van der Waals surface area contributed by atoms with Crippen molar-refractivity contribution in [3.05, 3.63) is 12.7 Å². The highest BCUT2D eigenvalue weighted by molar-refractivity contribution is 5.70. The van der Waals surface area contributed by atoms with Crippen molar-refractivity contribution in [1.82, 2.24) is 14.8 Å². The molecule has 1 aromatic rings. The first kappa shape index (κ1) is 10.1. The van der Waals surface area contributed by atoms with Gasteiger partial charge in [0.1, 0.15) is 12.7 Å². The highest BCUT2D eigenvalue weighted by atomic mass is 16.4. The number of nitrogens with zero attached hydrogens (tertiary/aromatic N) is 3. The Morgan fingerprint density at radius 2 is 2.33 bits per heavy atom. The average Bonchev–Trinajstić information content (AvgIpc) is 2.69. The molecule has 2 rings (SSSR count). The van der Waals surface area contributed by atoms with Gasteiger partial charge in [0.2, 0.25) is 0 Å². The Balaban J connectivity index is 2.20. The van der Waals surface area contributed by atoms with Crippen LogP contribution in [0.4, 0.5) is 0 Å². The molecule has 3 atom stereocenters. The first-order chi connectivity index (χ1) is 7.18. The van der Waals surface area contributed by atoms with Gasteiger partial charge in [-0.2, -0.15) is 5.10 Å². The molecular formula is C10H15N3O2. The van der Waals surface area contributed by atoms with E-state index >= 15 is 0 Å². The Bertz CT molecular complexity index is 336. The molecule has 0 amide bonds. The third-order valence-electron chi connectivity index (χ3n) is 3.17. The zero-order valence-corrected chi connectivity index (χ0v) is 8.71. The summed E-state index contributed by atoms with van der Waals surface area (Å²) in [5.41, 5.74) is 0. The zero-order valence-electron chi connectivity index (χ0n) is 8.71. The summed E-state index contributed by atoms with van der Waals surface area (Å²) in [5.74, 6) is -0.472. The van der Waals surface area contributed by atoms with Crippen molar-refractivity contribution >= 4 is 5.97 Å². The van der Waals surface area contributed by atoms with Crippen LogP contribution in [-0.2, 0) is 4.79 Å². The molecule has 1 aliphatic carbocycles. The largest absolute Gasteiger partial charge is 0.481 e. The first-order valence-electron chi connectivity index (χ1n) is 5.25. The van der Waals surface area contributed by atoms with E-state index in [1.165, 1.54) is 6.33 Å². The van der Waals surface area contributed by atoms with Crippen LogP contribution >= 0.6 is 0 Å². The normalized spacial score (nSPS) is 31.4. The fraction of sp³-hybridized carbons (Fsp3) is 0.700. The number of carboxylic acid groups (broad SMARTS) is 1. The Labute approximate surface area is 88.1 Å². The van der Waals surface area contributed by atoms with Crippen molar-refractivity contribution in [3.63, 3.8) is 0 Å². The lowest BCUT2D eigenvalue weighted by Gasteiger charge is -2.32. The molecule has 0 saturated heterocycles. The van der Waals surface area contributed by atoms with Gasteiger partial charge in [0.15, 0.2) is 0 Å². The van der Waals surface area contributed by atoms with E-state index in [0.29, 0.717) is 5.92 Å². The minimum absolute atomic E-state index is 0.0336. The van der Waals surface area contributed by atoms with Gasteiger partial charge in [-0.3, -0.25) is 4.79 Å². The topological polar surface area (TPSA) is 68.0 Å². The quantitative estimate of drug-likeness (QED) is 0.798. The minimum atomic E-state index is -0.720. The van der Waals surface area contributed by atoms with Crippen LogP contribution in [0, 0.1) is 11.8 Å². The van der Waals surface area contributed by atoms with Gasteiger partial charge in [-0.05, 0) is 25.2 Å². The Morgan fingerprint density at radius 3 is 2.93 bits per heavy atom. The monoisotopic (exact) mass is 209 g/mol. The summed E-state index contributed by atoms with van der Waals surface area (Å²) in [6, 6.07) is -0.0336. The fourth-order valence-electron chi connectivity index (χ4n) is 2.32. The van der Waals surface area contributed by atoms with Crippen LogP contribution in [0.3, 0.4) is 0 Å². The summed E-state index contributed by atoms with van der Waals surface area (Å²) in [6.07, 6.45) is 5.67. The summed E-state index contributed by atoms with van der Waals surface area (Å²) >= 11 is 0. The van der Waals surface area contributed by atoms with Crippen LogP contribution in [0.15, 0.2) is 12.7 Å². The smallest absolute Gasteiger partial charge is 0.308 e. The molecule has 1 N–H and O–H groups in total. The summed E-state index contributed by atoms with van der Waals surface area (Å²) in [7, 11) is 0. The molecule has 1 fully saturated rings. The lowest BCUT2D eigenvalue weighted by molar-refractivity contribution is -0.145. The molecular weight excluding hydrogens is 194 g/mol. The second-order valence-electron chi connectivity index (χ2n) is 4.31. The molecule has 0 bridgehead atoms. The van der Waals surface area contributed by atoms with Crippen LogP contribution in [0.25, 0.3) is 0 Å². The summed E-state index contributed by atoms with van der Waals surface area (Å²) in [4.78, 5) is 15.0. The molecule has 82 valence electrons. The van der Waals surface area contributed by atoms with Crippen molar-refractivity contribution < 1.29 is 9.90 Å². The maximum absolute atomic E-state index is 11.1. The third kappa shape index (κ3) is 2.00. The van der Waals surface area contributed by atoms with E-state index in [-0.39, 0.29) is 12.0 Å². The van der Waals surface area contributed by atoms with Crippen LogP contribution in [0.5, 0.6) is 0 Å². The van der Waals surface area contributed by atoms with Gasteiger partial charge in [-0.25, -0.2) is 9.67 Å². The van der Waals surface area contributed by atoms with Crippen LogP contribution in [-0.4, -0.2) is 25.8 Å². The molecule has 1 saturated carbocycles. The van der Waals surface area contributed by atoms with Crippen molar-refractivity contribution in [3.8, 4) is 0 Å². The van der Waals surface area contributed by atoms with Gasteiger partial charge in [0, 0.05) is 0 Å². The van der Waals surface area contributed by atoms with Gasteiger partial charge in [0.05, 0.1) is 12.0 Å². The zero-order chi connectivity index (χ0) is 10.8. The number of hydrogen-bond acceptors (Lipinski definition) is 3. The number of rotatable bonds is 2. The van der Waals surface area contributed by atoms with Crippen molar-refractivity contribution in [1.29, 1.82) is 0 Å². The van der Waals surface area contributed by atoms with E-state index in [9.17, 15) is 4.79 Å². The van der Waals surface area contributed by atoms with Crippen LogP contribution in [0.2, 0.25) is 0 Å². The number of aromatic nitrogens is 3. The third-order valence-corrected chi connectivity index (χ3v) is 3.17. The van der Waals surface area contributed by atoms with E-state index in [2.05, 4.69) is 17.0 Å². The highest BCUT2D eigenvalue weighted by Gasteiger charge is 2.35. The maximum atomic E-state index is 11.1. The van der Waals surface area contributed by atoms with E-state index < -0.39 is 5.97 Å². The summed E-state index contributed by atoms with van der Waals surface area (Å²) < 4.78 is 1.69. The van der Waals surface area contributed by atoms with Crippen molar-refractivity contribution in [2.24, 2.45) is 11.8 Å². The number of aliphatic carboxylic acids is 1. The lowest BCUT2D eigenvalue weighted by Crippen LogP contribution is -2.32. The molecule has 3 unspecified atom stereocenters. The maximum Gasteiger partial charge on any atom is 0.308 e. The SMILES string of the molecule is CC1CCC(C(=O)O)C(n2cncn2)C1. The number of hydrogen-bond donors (Lipinski definition) is 1. The Hall–Kier alpha value is -1.39. The molecule has 1 heterocycles. The summed E-state index contributed by atoms with van der Waals surface area (Å²) in [5, 5.41) is 13.2. The number of carboxylic acids is 1. The standard InChI is InChI=1S/C10H15N3O2/c1-7-2-3-8(10(14)15)9(4-7)13-6-11-5-12-13/h5-9H,2-4H2,1H3,(H,14,15). The molecule has 5 heteroatoms. The predicted octanol–water partition coefficient (Wildman–Crippen LogP) is 1.34. The molecule has 1 aliphatic rings. The Morgan fingerprint density at radius 1 is 1.53 bits per heavy atom. The highest BCUT2D eigenvalue weighted by Crippen LogP contribution is 2.36. The first-order valence-corrected chi connectivity index (χ1v) is 5.25. The van der Waals surface area contributed by atoms with Gasteiger partial charge in [-0.1, -0.05) is 6.92 Å². The Kier molecular flexibility index (Phi) is 2.70. The van der Waals surface area contributed by atoms with Crippen molar-refractivity contribution in [2.75, 3.05) is 0 Å².